The Kier molecular flexibility index (Phi) is 8.51. The normalized spacial score (nSPS) is 15.9. The second kappa shape index (κ2) is 11.7. The predicted molar refractivity (Wildman–Crippen MR) is 139 cm³/mol. The number of sulfonamides is 1. The average molecular weight is 565 g/mol. The number of ether oxygens (including phenoxy) is 1. The Labute approximate surface area is 224 Å². The number of aromatic amines is 1. The molecule has 0 amide bonds. The summed E-state index contributed by atoms with van der Waals surface area (Å²) in [7, 11) is -3.95. The van der Waals surface area contributed by atoms with Crippen molar-refractivity contribution in [3.05, 3.63) is 50.2 Å². The molecule has 212 valence electrons. The minimum atomic E-state index is -3.95. The number of aryl methyl sites for hydroxylation is 2. The summed E-state index contributed by atoms with van der Waals surface area (Å²) in [5.41, 5.74) is 0.800. The van der Waals surface area contributed by atoms with Crippen molar-refractivity contribution in [3.8, 4) is 17.1 Å². The van der Waals surface area contributed by atoms with Crippen LogP contribution in [-0.2, 0) is 21.3 Å². The van der Waals surface area contributed by atoms with Gasteiger partial charge in [-0.2, -0.15) is 4.31 Å². The molecule has 0 saturated carbocycles. The standard InChI is InChI=1S/C24H32N6O8S/c1-4-6-21-25-15(3)22-24(32)26-23(27-29(21)22)18-13-17(7-8-20(18)37-5-2)39(35,36)28-11-9-16(10-12-28)19(31)14-38-30(33)34/h7-8,13,16,19,31H,4-6,9-12,14H2,1-3H3,(H,26,27,32)/t19-/m1/s1. The lowest BCUT2D eigenvalue weighted by Gasteiger charge is -2.33. The highest BCUT2D eigenvalue weighted by molar-refractivity contribution is 7.89. The number of piperidine rings is 1. The Morgan fingerprint density at radius 1 is 1.28 bits per heavy atom. The smallest absolute Gasteiger partial charge is 0.294 e. The summed E-state index contributed by atoms with van der Waals surface area (Å²) in [6, 6.07) is 4.41. The van der Waals surface area contributed by atoms with E-state index in [-0.39, 0.29) is 29.7 Å². The zero-order valence-corrected chi connectivity index (χ0v) is 22.8. The van der Waals surface area contributed by atoms with Gasteiger partial charge in [-0.1, -0.05) is 6.92 Å². The number of benzene rings is 1. The van der Waals surface area contributed by atoms with Crippen molar-refractivity contribution < 1.29 is 28.2 Å². The van der Waals surface area contributed by atoms with Crippen LogP contribution in [0.4, 0.5) is 0 Å². The molecular weight excluding hydrogens is 532 g/mol. The third-order valence-electron chi connectivity index (χ3n) is 6.75. The van der Waals surface area contributed by atoms with Gasteiger partial charge in [-0.3, -0.25) is 4.79 Å². The van der Waals surface area contributed by atoms with E-state index in [1.54, 1.807) is 13.8 Å². The summed E-state index contributed by atoms with van der Waals surface area (Å²) < 4.78 is 35.7. The monoisotopic (exact) mass is 564 g/mol. The number of aliphatic hydroxyl groups is 1. The number of imidazole rings is 1. The van der Waals surface area contributed by atoms with E-state index in [4.69, 9.17) is 4.74 Å². The lowest BCUT2D eigenvalue weighted by molar-refractivity contribution is -0.759. The van der Waals surface area contributed by atoms with E-state index >= 15 is 0 Å². The quantitative estimate of drug-likeness (QED) is 0.257. The van der Waals surface area contributed by atoms with E-state index in [2.05, 4.69) is 19.9 Å². The average Bonchev–Trinajstić information content (AvgIpc) is 3.23. The molecule has 0 aliphatic carbocycles. The van der Waals surface area contributed by atoms with Crippen molar-refractivity contribution >= 4 is 15.5 Å². The van der Waals surface area contributed by atoms with Crippen molar-refractivity contribution in [3.63, 3.8) is 0 Å². The van der Waals surface area contributed by atoms with Gasteiger partial charge in [0, 0.05) is 19.5 Å². The van der Waals surface area contributed by atoms with Crippen LogP contribution < -0.4 is 10.3 Å². The van der Waals surface area contributed by atoms with Gasteiger partial charge in [0.05, 0.1) is 28.9 Å². The van der Waals surface area contributed by atoms with Crippen molar-refractivity contribution in [2.45, 2.75) is 57.5 Å². The molecule has 3 heterocycles. The van der Waals surface area contributed by atoms with Crippen LogP contribution in [0.15, 0.2) is 27.9 Å². The largest absolute Gasteiger partial charge is 0.493 e. The zero-order chi connectivity index (χ0) is 28.3. The second-order valence-corrected chi connectivity index (χ2v) is 11.3. The second-order valence-electron chi connectivity index (χ2n) is 9.35. The number of nitrogens with one attached hydrogen (secondary N) is 1. The SMILES string of the molecule is CCCc1nc(C)c2c(=O)[nH]c(-c3cc(S(=O)(=O)N4CCC([C@H](O)CO[N+](=O)[O-])CC4)ccc3OCC)nn12. The molecule has 0 unspecified atom stereocenters. The predicted octanol–water partition coefficient (Wildman–Crippen LogP) is 1.71. The van der Waals surface area contributed by atoms with Gasteiger partial charge >= 0.3 is 0 Å². The van der Waals surface area contributed by atoms with E-state index in [1.165, 1.54) is 27.0 Å². The molecule has 0 spiro atoms. The summed E-state index contributed by atoms with van der Waals surface area (Å²) in [5.74, 6) is 0.813. The Morgan fingerprint density at radius 2 is 2.00 bits per heavy atom. The highest BCUT2D eigenvalue weighted by Crippen LogP contribution is 2.33. The zero-order valence-electron chi connectivity index (χ0n) is 22.0. The third kappa shape index (κ3) is 5.89. The molecule has 1 aliphatic rings. The molecule has 39 heavy (non-hydrogen) atoms. The number of rotatable bonds is 11. The summed E-state index contributed by atoms with van der Waals surface area (Å²) in [4.78, 5) is 34.9. The van der Waals surface area contributed by atoms with Crippen molar-refractivity contribution in [2.75, 3.05) is 26.3 Å². The molecule has 2 N–H and O–H groups in total. The highest BCUT2D eigenvalue weighted by Gasteiger charge is 2.33. The van der Waals surface area contributed by atoms with E-state index in [0.29, 0.717) is 54.2 Å². The number of fused-ring (bicyclic) bond motifs is 1. The number of nitrogens with zero attached hydrogens (tertiary/aromatic N) is 5. The first kappa shape index (κ1) is 28.4. The highest BCUT2D eigenvalue weighted by atomic mass is 32.2. The van der Waals surface area contributed by atoms with Gasteiger partial charge in [-0.05, 0) is 57.2 Å². The van der Waals surface area contributed by atoms with E-state index in [0.717, 1.165) is 6.42 Å². The van der Waals surface area contributed by atoms with Gasteiger partial charge in [0.1, 0.15) is 18.2 Å². The molecule has 1 aromatic carbocycles. The maximum atomic E-state index is 13.6. The van der Waals surface area contributed by atoms with Crippen molar-refractivity contribution in [1.29, 1.82) is 0 Å². The first-order chi connectivity index (χ1) is 18.6. The van der Waals surface area contributed by atoms with Crippen molar-refractivity contribution in [1.82, 2.24) is 23.9 Å². The minimum absolute atomic E-state index is 0.00465. The molecule has 1 atom stereocenters. The van der Waals surface area contributed by atoms with Gasteiger partial charge in [0.2, 0.25) is 10.0 Å². The molecule has 4 rings (SSSR count). The summed E-state index contributed by atoms with van der Waals surface area (Å²) in [5, 5.41) is 24.2. The fraction of sp³-hybridized carbons (Fsp3) is 0.542. The maximum absolute atomic E-state index is 13.6. The number of hydrogen-bond donors (Lipinski definition) is 2. The first-order valence-corrected chi connectivity index (χ1v) is 14.2. The van der Waals surface area contributed by atoms with E-state index in [9.17, 15) is 28.4 Å². The van der Waals surface area contributed by atoms with Crippen LogP contribution in [0.1, 0.15) is 44.6 Å². The summed E-state index contributed by atoms with van der Waals surface area (Å²) in [6.45, 7) is 5.63. The lowest BCUT2D eigenvalue weighted by atomic mass is 9.93. The Balaban J connectivity index is 1.66. The molecule has 1 saturated heterocycles. The van der Waals surface area contributed by atoms with Crippen LogP contribution in [0.5, 0.6) is 5.75 Å². The van der Waals surface area contributed by atoms with Gasteiger partial charge in [0.15, 0.2) is 11.3 Å². The Morgan fingerprint density at radius 3 is 2.64 bits per heavy atom. The van der Waals surface area contributed by atoms with Crippen LogP contribution in [0, 0.1) is 23.0 Å². The van der Waals surface area contributed by atoms with Crippen LogP contribution >= 0.6 is 0 Å². The van der Waals surface area contributed by atoms with Gasteiger partial charge in [-0.25, -0.2) is 17.9 Å². The number of hydrogen-bond acceptors (Lipinski definition) is 10. The van der Waals surface area contributed by atoms with Crippen LogP contribution in [-0.4, -0.2) is 74.9 Å². The fourth-order valence-corrected chi connectivity index (χ4v) is 6.30. The molecule has 14 nitrogen and oxygen atoms in total. The minimum Gasteiger partial charge on any atom is -0.493 e. The molecule has 2 aromatic heterocycles. The summed E-state index contributed by atoms with van der Waals surface area (Å²) in [6.07, 6.45) is 0.977. The van der Waals surface area contributed by atoms with E-state index < -0.39 is 33.4 Å². The van der Waals surface area contributed by atoms with Gasteiger partial charge < -0.3 is 19.7 Å². The van der Waals surface area contributed by atoms with Gasteiger partial charge in [-0.15, -0.1) is 15.2 Å². The molecule has 1 fully saturated rings. The number of aromatic nitrogens is 4. The lowest BCUT2D eigenvalue weighted by Crippen LogP contribution is -2.42. The first-order valence-electron chi connectivity index (χ1n) is 12.8. The molecule has 1 aliphatic heterocycles. The van der Waals surface area contributed by atoms with Crippen molar-refractivity contribution in [2.24, 2.45) is 5.92 Å². The van der Waals surface area contributed by atoms with Crippen LogP contribution in [0.3, 0.4) is 0 Å². The molecule has 0 radical (unpaired) electrons. The van der Waals surface area contributed by atoms with Crippen LogP contribution in [0.2, 0.25) is 0 Å². The maximum Gasteiger partial charge on any atom is 0.294 e. The molecular formula is C24H32N6O8S. The number of aliphatic hydroxyl groups excluding tert-OH is 1. The third-order valence-corrected chi connectivity index (χ3v) is 8.65. The fourth-order valence-electron chi connectivity index (χ4n) is 4.80. The molecule has 0 bridgehead atoms. The molecule has 3 aromatic rings. The Hall–Kier alpha value is -3.56. The molecule has 15 heteroatoms. The summed E-state index contributed by atoms with van der Waals surface area (Å²) >= 11 is 0. The topological polar surface area (TPSA) is 182 Å². The van der Waals surface area contributed by atoms with Gasteiger partial charge in [0.25, 0.3) is 10.6 Å². The van der Waals surface area contributed by atoms with E-state index in [1.807, 2.05) is 6.92 Å². The Bertz CT molecular complexity index is 1510. The van der Waals surface area contributed by atoms with Crippen LogP contribution in [0.25, 0.3) is 16.9 Å². The number of H-pyrrole nitrogens is 1.